The smallest absolute Gasteiger partial charge is 0.243 e. The van der Waals surface area contributed by atoms with Crippen molar-refractivity contribution in [1.82, 2.24) is 4.98 Å². The van der Waals surface area contributed by atoms with E-state index in [0.29, 0.717) is 0 Å². The summed E-state index contributed by atoms with van der Waals surface area (Å²) in [7, 11) is 1.18. The number of aromatic nitrogens is 1. The minimum atomic E-state index is -4.50. The highest BCUT2D eigenvalue weighted by molar-refractivity contribution is 14.2. The molecule has 7 heteroatoms. The summed E-state index contributed by atoms with van der Waals surface area (Å²) in [6.45, 7) is 0. The molecule has 0 fully saturated rings. The van der Waals surface area contributed by atoms with Gasteiger partial charge in [-0.15, -0.1) is 0 Å². The summed E-state index contributed by atoms with van der Waals surface area (Å²) in [5.41, 5.74) is -0.773. The molecule has 0 bridgehead atoms. The highest BCUT2D eigenvalue weighted by Crippen LogP contribution is 2.33. The molecule has 0 amide bonds. The molecular weight excluding hydrogens is 362 g/mol. The largest absolute Gasteiger partial charge is 0.419 e. The third-order valence-corrected chi connectivity index (χ3v) is 2.52. The van der Waals surface area contributed by atoms with Gasteiger partial charge in [-0.2, -0.15) is 13.2 Å². The molecule has 80 valence electrons. The van der Waals surface area contributed by atoms with Crippen LogP contribution in [0.25, 0.3) is 0 Å². The molecule has 0 saturated heterocycles. The van der Waals surface area contributed by atoms with E-state index in [0.717, 1.165) is 6.07 Å². The van der Waals surface area contributed by atoms with Gasteiger partial charge in [0.15, 0.2) is 0 Å². The molecule has 0 aliphatic heterocycles. The molecule has 1 rings (SSSR count). The van der Waals surface area contributed by atoms with E-state index in [1.807, 2.05) is 21.2 Å². The Hall–Kier alpha value is -0.130. The Morgan fingerprint density at radius 2 is 2.13 bits per heavy atom. The molecule has 0 aliphatic carbocycles. The van der Waals surface area contributed by atoms with Gasteiger partial charge in [0.1, 0.15) is 5.15 Å². The lowest BCUT2D eigenvalue weighted by Crippen LogP contribution is -2.07. The van der Waals surface area contributed by atoms with E-state index in [1.165, 1.54) is 15.1 Å². The fraction of sp³-hybridized carbons (Fsp3) is 0.125. The normalized spacial score (nSPS) is 10.7. The van der Waals surface area contributed by atoms with Crippen LogP contribution in [0.2, 0.25) is 5.15 Å². The van der Waals surface area contributed by atoms with E-state index in [2.05, 4.69) is 16.2 Å². The fourth-order valence-corrected chi connectivity index (χ4v) is 1.49. The van der Waals surface area contributed by atoms with Gasteiger partial charge in [0, 0.05) is 33.0 Å². The fourth-order valence-electron chi connectivity index (χ4n) is 0.793. The average molecular weight is 364 g/mol. The molecule has 15 heavy (non-hydrogen) atoms. The van der Waals surface area contributed by atoms with Gasteiger partial charge < -0.3 is 0 Å². The van der Waals surface area contributed by atoms with Crippen LogP contribution in [-0.2, 0) is 6.18 Å². The van der Waals surface area contributed by atoms with E-state index in [-0.39, 0.29) is 5.56 Å². The standard InChI is InChI=1S/C8H2ClF3INS/c9-7-6(8(10,11)12)3-5(4-14-7)1-2-15-13/h3-4H. The first-order valence-electron chi connectivity index (χ1n) is 3.46. The lowest BCUT2D eigenvalue weighted by atomic mass is 10.2. The van der Waals surface area contributed by atoms with Crippen molar-refractivity contribution >= 4 is 41.7 Å². The van der Waals surface area contributed by atoms with E-state index in [4.69, 9.17) is 11.6 Å². The monoisotopic (exact) mass is 363 g/mol. The van der Waals surface area contributed by atoms with Gasteiger partial charge in [0.2, 0.25) is 0 Å². The molecule has 0 saturated carbocycles. The summed E-state index contributed by atoms with van der Waals surface area (Å²) >= 11 is 7.25. The lowest BCUT2D eigenvalue weighted by Gasteiger charge is -2.07. The van der Waals surface area contributed by atoms with Crippen molar-refractivity contribution in [3.63, 3.8) is 0 Å². The summed E-state index contributed by atoms with van der Waals surface area (Å²) < 4.78 is 37.1. The van der Waals surface area contributed by atoms with Crippen molar-refractivity contribution < 1.29 is 13.2 Å². The quantitative estimate of drug-likeness (QED) is 0.390. The van der Waals surface area contributed by atoms with Crippen molar-refractivity contribution in [1.29, 1.82) is 0 Å². The molecule has 1 heterocycles. The lowest BCUT2D eigenvalue weighted by molar-refractivity contribution is -0.137. The van der Waals surface area contributed by atoms with Crippen LogP contribution < -0.4 is 0 Å². The van der Waals surface area contributed by atoms with Crippen LogP contribution in [-0.4, -0.2) is 4.98 Å². The number of rotatable bonds is 0. The Morgan fingerprint density at radius 3 is 2.67 bits per heavy atom. The average Bonchev–Trinajstić information content (AvgIpc) is 2.15. The topological polar surface area (TPSA) is 12.9 Å². The highest BCUT2D eigenvalue weighted by atomic mass is 127. The van der Waals surface area contributed by atoms with Gasteiger partial charge in [-0.05, 0) is 20.3 Å². The van der Waals surface area contributed by atoms with Gasteiger partial charge >= 0.3 is 6.18 Å². The second kappa shape index (κ2) is 5.27. The van der Waals surface area contributed by atoms with E-state index < -0.39 is 16.9 Å². The second-order valence-electron chi connectivity index (χ2n) is 2.36. The van der Waals surface area contributed by atoms with Crippen LogP contribution in [0.3, 0.4) is 0 Å². The van der Waals surface area contributed by atoms with Crippen LogP contribution in [0, 0.1) is 11.2 Å². The maximum atomic E-state index is 12.4. The van der Waals surface area contributed by atoms with Crippen LogP contribution in [0.15, 0.2) is 12.3 Å². The molecule has 0 radical (unpaired) electrons. The summed E-state index contributed by atoms with van der Waals surface area (Å²) in [5, 5.41) is 2.01. The van der Waals surface area contributed by atoms with Crippen LogP contribution >= 0.6 is 41.7 Å². The number of nitrogens with zero attached hydrogens (tertiary/aromatic N) is 1. The van der Waals surface area contributed by atoms with E-state index in [9.17, 15) is 13.2 Å². The third kappa shape index (κ3) is 3.74. The predicted octanol–water partition coefficient (Wildman–Crippen LogP) is 4.15. The number of hydrogen-bond acceptors (Lipinski definition) is 2. The third-order valence-electron chi connectivity index (χ3n) is 1.38. The van der Waals surface area contributed by atoms with Gasteiger partial charge in [0.25, 0.3) is 0 Å². The van der Waals surface area contributed by atoms with Crippen molar-refractivity contribution in [3.8, 4) is 11.2 Å². The van der Waals surface area contributed by atoms with E-state index in [1.54, 1.807) is 0 Å². The van der Waals surface area contributed by atoms with Crippen molar-refractivity contribution in [2.45, 2.75) is 6.18 Å². The Balaban J connectivity index is 3.17. The molecule has 0 aromatic carbocycles. The molecule has 0 N–H and O–H groups in total. The van der Waals surface area contributed by atoms with Gasteiger partial charge in [-0.1, -0.05) is 17.5 Å². The molecule has 1 aromatic heterocycles. The molecule has 0 aliphatic rings. The van der Waals surface area contributed by atoms with Crippen LogP contribution in [0.4, 0.5) is 13.2 Å². The maximum Gasteiger partial charge on any atom is 0.419 e. The number of alkyl halides is 3. The first-order chi connectivity index (χ1) is 6.95. The van der Waals surface area contributed by atoms with Crippen molar-refractivity contribution in [2.75, 3.05) is 0 Å². The maximum absolute atomic E-state index is 12.4. The van der Waals surface area contributed by atoms with Gasteiger partial charge in [0.05, 0.1) is 5.56 Å². The number of halogens is 5. The SMILES string of the molecule is FC(F)(F)c1cc(C#CSI)cnc1Cl. The number of pyridine rings is 1. The van der Waals surface area contributed by atoms with Gasteiger partial charge in [-0.25, -0.2) is 4.98 Å². The van der Waals surface area contributed by atoms with Crippen LogP contribution in [0.1, 0.15) is 11.1 Å². The molecule has 0 atom stereocenters. The predicted molar refractivity (Wildman–Crippen MR) is 62.7 cm³/mol. The Morgan fingerprint density at radius 1 is 1.47 bits per heavy atom. The summed E-state index contributed by atoms with van der Waals surface area (Å²) in [5.74, 6) is 2.52. The zero-order valence-corrected chi connectivity index (χ0v) is 10.6. The van der Waals surface area contributed by atoms with Crippen LogP contribution in [0.5, 0.6) is 0 Å². The minimum Gasteiger partial charge on any atom is -0.243 e. The van der Waals surface area contributed by atoms with Crippen molar-refractivity contribution in [3.05, 3.63) is 28.5 Å². The first-order valence-corrected chi connectivity index (χ1v) is 7.20. The van der Waals surface area contributed by atoms with Crippen molar-refractivity contribution in [2.24, 2.45) is 0 Å². The summed E-state index contributed by atoms with van der Waals surface area (Å²) in [6, 6.07) is 0.884. The zero-order chi connectivity index (χ0) is 11.5. The van der Waals surface area contributed by atoms with E-state index >= 15 is 0 Å². The molecule has 1 nitrogen and oxygen atoms in total. The molecular formula is C8H2ClF3INS. The number of hydrogen-bond donors (Lipinski definition) is 0. The summed E-state index contributed by atoms with van der Waals surface area (Å²) in [6.07, 6.45) is -3.29. The Kier molecular flexibility index (Phi) is 4.55. The Bertz CT molecular complexity index is 424. The minimum absolute atomic E-state index is 0.191. The molecule has 0 spiro atoms. The Labute approximate surface area is 105 Å². The van der Waals surface area contributed by atoms with Gasteiger partial charge in [-0.3, -0.25) is 0 Å². The molecule has 0 unspecified atom stereocenters. The first kappa shape index (κ1) is 12.9. The molecule has 1 aromatic rings. The zero-order valence-electron chi connectivity index (χ0n) is 6.90. The summed E-state index contributed by atoms with van der Waals surface area (Å²) in [4.78, 5) is 3.43. The highest BCUT2D eigenvalue weighted by Gasteiger charge is 2.34. The second-order valence-corrected chi connectivity index (χ2v) is 4.40.